The lowest BCUT2D eigenvalue weighted by Crippen LogP contribution is -1.98. The van der Waals surface area contributed by atoms with Gasteiger partial charge >= 0.3 is 5.97 Å². The number of carboxylic acid groups (broad SMARTS) is 1. The third kappa shape index (κ3) is 2.57. The molecule has 0 bridgehead atoms. The lowest BCUT2D eigenvalue weighted by Gasteiger charge is -1.99. The maximum atomic E-state index is 10.4. The smallest absolute Gasteiger partial charge is 0.303 e. The molecule has 0 aromatic carbocycles. The number of hydrogen-bond donors (Lipinski definition) is 1. The first-order valence-corrected chi connectivity index (χ1v) is 5.31. The highest BCUT2D eigenvalue weighted by Crippen LogP contribution is 2.28. The Hall–Kier alpha value is -1.43. The molecule has 1 fully saturated rings. The molecule has 6 nitrogen and oxygen atoms in total. The molecule has 1 aliphatic rings. The summed E-state index contributed by atoms with van der Waals surface area (Å²) in [6, 6.07) is 0. The molecule has 1 saturated heterocycles. The summed E-state index contributed by atoms with van der Waals surface area (Å²) >= 11 is 0. The van der Waals surface area contributed by atoms with Crippen molar-refractivity contribution < 1.29 is 19.1 Å². The van der Waals surface area contributed by atoms with Crippen molar-refractivity contribution in [2.24, 2.45) is 0 Å². The molecule has 0 saturated carbocycles. The maximum Gasteiger partial charge on any atom is 0.303 e. The van der Waals surface area contributed by atoms with E-state index in [4.69, 9.17) is 14.3 Å². The fourth-order valence-corrected chi connectivity index (χ4v) is 1.74. The first-order valence-electron chi connectivity index (χ1n) is 5.31. The number of aryl methyl sites for hydroxylation is 1. The van der Waals surface area contributed by atoms with Crippen LogP contribution in [0.15, 0.2) is 4.42 Å². The Balaban J connectivity index is 1.94. The molecule has 16 heavy (non-hydrogen) atoms. The van der Waals surface area contributed by atoms with Crippen LogP contribution in [-0.4, -0.2) is 34.0 Å². The Morgan fingerprint density at radius 1 is 1.56 bits per heavy atom. The van der Waals surface area contributed by atoms with Gasteiger partial charge in [-0.15, -0.1) is 10.2 Å². The van der Waals surface area contributed by atoms with Gasteiger partial charge in [0.25, 0.3) is 0 Å². The number of carboxylic acids is 1. The van der Waals surface area contributed by atoms with Crippen molar-refractivity contribution in [3.8, 4) is 0 Å². The van der Waals surface area contributed by atoms with Crippen LogP contribution in [0.25, 0.3) is 0 Å². The fraction of sp³-hybridized carbons (Fsp3) is 0.700. The standard InChI is InChI=1S/C10H14N2O4/c1-6-4-7(5-15-6)10-12-11-8(16-10)2-3-9(13)14/h6-7H,2-5H2,1H3,(H,13,14). The molecule has 1 aromatic heterocycles. The van der Waals surface area contributed by atoms with Gasteiger partial charge in [0.2, 0.25) is 11.8 Å². The largest absolute Gasteiger partial charge is 0.481 e. The topological polar surface area (TPSA) is 85.5 Å². The number of hydrogen-bond acceptors (Lipinski definition) is 5. The monoisotopic (exact) mass is 226 g/mol. The van der Waals surface area contributed by atoms with Crippen molar-refractivity contribution in [1.82, 2.24) is 10.2 Å². The third-order valence-electron chi connectivity index (χ3n) is 2.58. The number of rotatable bonds is 4. The molecule has 2 unspecified atom stereocenters. The minimum atomic E-state index is -0.863. The van der Waals surface area contributed by atoms with E-state index in [1.807, 2.05) is 6.92 Å². The van der Waals surface area contributed by atoms with Crippen molar-refractivity contribution in [3.05, 3.63) is 11.8 Å². The number of carbonyl (C=O) groups is 1. The maximum absolute atomic E-state index is 10.4. The molecule has 0 radical (unpaired) electrons. The average Bonchev–Trinajstić information content (AvgIpc) is 2.83. The van der Waals surface area contributed by atoms with Crippen molar-refractivity contribution in [2.45, 2.75) is 38.2 Å². The molecule has 2 rings (SSSR count). The zero-order valence-electron chi connectivity index (χ0n) is 9.05. The highest BCUT2D eigenvalue weighted by molar-refractivity contribution is 5.66. The van der Waals surface area contributed by atoms with E-state index >= 15 is 0 Å². The van der Waals surface area contributed by atoms with Gasteiger partial charge in [-0.2, -0.15) is 0 Å². The summed E-state index contributed by atoms with van der Waals surface area (Å²) in [7, 11) is 0. The Morgan fingerprint density at radius 2 is 2.38 bits per heavy atom. The molecule has 2 atom stereocenters. The van der Waals surface area contributed by atoms with Crippen molar-refractivity contribution >= 4 is 5.97 Å². The van der Waals surface area contributed by atoms with Crippen LogP contribution >= 0.6 is 0 Å². The molecular formula is C10H14N2O4. The second-order valence-corrected chi connectivity index (χ2v) is 4.00. The summed E-state index contributed by atoms with van der Waals surface area (Å²) in [5, 5.41) is 16.3. The zero-order valence-corrected chi connectivity index (χ0v) is 9.05. The Kier molecular flexibility index (Phi) is 3.19. The molecule has 1 N–H and O–H groups in total. The number of aliphatic carboxylic acids is 1. The van der Waals surface area contributed by atoms with E-state index in [1.54, 1.807) is 0 Å². The van der Waals surface area contributed by atoms with E-state index in [0.717, 1.165) is 6.42 Å². The number of nitrogens with zero attached hydrogens (tertiary/aromatic N) is 2. The second kappa shape index (κ2) is 4.61. The zero-order chi connectivity index (χ0) is 11.5. The third-order valence-corrected chi connectivity index (χ3v) is 2.58. The van der Waals surface area contributed by atoms with Crippen LogP contribution < -0.4 is 0 Å². The molecule has 88 valence electrons. The van der Waals surface area contributed by atoms with E-state index in [2.05, 4.69) is 10.2 Å². The minimum Gasteiger partial charge on any atom is -0.481 e. The minimum absolute atomic E-state index is 0.0131. The lowest BCUT2D eigenvalue weighted by atomic mass is 10.1. The van der Waals surface area contributed by atoms with Crippen LogP contribution in [0.2, 0.25) is 0 Å². The average molecular weight is 226 g/mol. The SMILES string of the molecule is CC1CC(c2nnc(CCC(=O)O)o2)CO1. The molecule has 6 heteroatoms. The quantitative estimate of drug-likeness (QED) is 0.823. The van der Waals surface area contributed by atoms with E-state index in [0.29, 0.717) is 18.4 Å². The normalized spacial score (nSPS) is 24.8. The number of ether oxygens (including phenoxy) is 1. The molecule has 0 aliphatic carbocycles. The Bertz CT molecular complexity index is 377. The Morgan fingerprint density at radius 3 is 3.00 bits per heavy atom. The highest BCUT2D eigenvalue weighted by atomic mass is 16.5. The fourth-order valence-electron chi connectivity index (χ4n) is 1.74. The van der Waals surface area contributed by atoms with Crippen molar-refractivity contribution in [1.29, 1.82) is 0 Å². The van der Waals surface area contributed by atoms with Gasteiger partial charge in [-0.3, -0.25) is 4.79 Å². The molecule has 1 aliphatic heterocycles. The van der Waals surface area contributed by atoms with Gasteiger partial charge in [-0.05, 0) is 13.3 Å². The van der Waals surface area contributed by atoms with E-state index < -0.39 is 5.97 Å². The summed E-state index contributed by atoms with van der Waals surface area (Å²) in [4.78, 5) is 10.4. The van der Waals surface area contributed by atoms with Crippen LogP contribution in [0.5, 0.6) is 0 Å². The molecule has 2 heterocycles. The van der Waals surface area contributed by atoms with Gasteiger partial charge in [0.1, 0.15) is 0 Å². The number of aromatic nitrogens is 2. The Labute approximate surface area is 92.6 Å². The summed E-state index contributed by atoms with van der Waals surface area (Å²) < 4.78 is 10.8. The van der Waals surface area contributed by atoms with Gasteiger partial charge in [0.05, 0.1) is 25.0 Å². The van der Waals surface area contributed by atoms with E-state index in [-0.39, 0.29) is 24.9 Å². The van der Waals surface area contributed by atoms with E-state index in [9.17, 15) is 4.79 Å². The highest BCUT2D eigenvalue weighted by Gasteiger charge is 2.28. The van der Waals surface area contributed by atoms with Crippen molar-refractivity contribution in [3.63, 3.8) is 0 Å². The summed E-state index contributed by atoms with van der Waals surface area (Å²) in [5.41, 5.74) is 0. The van der Waals surface area contributed by atoms with E-state index in [1.165, 1.54) is 0 Å². The van der Waals surface area contributed by atoms with Crippen molar-refractivity contribution in [2.75, 3.05) is 6.61 Å². The lowest BCUT2D eigenvalue weighted by molar-refractivity contribution is -0.137. The molecular weight excluding hydrogens is 212 g/mol. The summed E-state index contributed by atoms with van der Waals surface area (Å²) in [6.07, 6.45) is 1.39. The van der Waals surface area contributed by atoms with Gasteiger partial charge in [-0.1, -0.05) is 0 Å². The first kappa shape index (κ1) is 11.1. The molecule has 0 spiro atoms. The van der Waals surface area contributed by atoms with Gasteiger partial charge < -0.3 is 14.3 Å². The van der Waals surface area contributed by atoms with Crippen LogP contribution in [0.4, 0.5) is 0 Å². The van der Waals surface area contributed by atoms with Gasteiger partial charge in [0.15, 0.2) is 0 Å². The van der Waals surface area contributed by atoms with Crippen LogP contribution in [0, 0.1) is 0 Å². The molecule has 1 aromatic rings. The van der Waals surface area contributed by atoms with Crippen LogP contribution in [0.3, 0.4) is 0 Å². The predicted octanol–water partition coefficient (Wildman–Crippen LogP) is 0.979. The van der Waals surface area contributed by atoms with Crippen LogP contribution in [0.1, 0.15) is 37.5 Å². The molecule has 0 amide bonds. The van der Waals surface area contributed by atoms with Crippen LogP contribution in [-0.2, 0) is 16.0 Å². The second-order valence-electron chi connectivity index (χ2n) is 4.00. The summed E-state index contributed by atoms with van der Waals surface area (Å²) in [6.45, 7) is 2.60. The summed E-state index contributed by atoms with van der Waals surface area (Å²) in [5.74, 6) is 0.236. The van der Waals surface area contributed by atoms with Gasteiger partial charge in [0, 0.05) is 6.42 Å². The van der Waals surface area contributed by atoms with Gasteiger partial charge in [-0.25, -0.2) is 0 Å². The predicted molar refractivity (Wildman–Crippen MR) is 53.0 cm³/mol. The first-order chi connectivity index (χ1) is 7.65.